The highest BCUT2D eigenvalue weighted by Gasteiger charge is 2.05. The molecule has 2 aromatic carbocycles. The van der Waals surface area contributed by atoms with Crippen molar-refractivity contribution in [2.45, 2.75) is 24.2 Å². The minimum absolute atomic E-state index is 0.0867. The Morgan fingerprint density at radius 2 is 1.89 bits per heavy atom. The summed E-state index contributed by atoms with van der Waals surface area (Å²) in [5.41, 5.74) is 3.63. The van der Waals surface area contributed by atoms with Crippen LogP contribution in [0.2, 0.25) is 0 Å². The van der Waals surface area contributed by atoms with Crippen molar-refractivity contribution in [3.63, 3.8) is 0 Å². The second kappa shape index (κ2) is 6.41. The average molecular weight is 323 g/mol. The summed E-state index contributed by atoms with van der Waals surface area (Å²) in [7, 11) is 0. The molecule has 0 atom stereocenters. The summed E-state index contributed by atoms with van der Waals surface area (Å²) in [6.45, 7) is 2.22. The van der Waals surface area contributed by atoms with Crippen LogP contribution in [-0.4, -0.2) is 5.11 Å². The van der Waals surface area contributed by atoms with Gasteiger partial charge >= 0.3 is 0 Å². The molecular formula is C15H15BrOS. The molecule has 0 radical (unpaired) electrons. The lowest BCUT2D eigenvalue weighted by molar-refractivity contribution is 0.279. The Kier molecular flexibility index (Phi) is 4.87. The van der Waals surface area contributed by atoms with E-state index < -0.39 is 0 Å². The SMILES string of the molecule is Cc1ccccc1CSc1cc(Br)ccc1CO. The molecule has 0 saturated carbocycles. The predicted molar refractivity (Wildman–Crippen MR) is 80.8 cm³/mol. The molecule has 0 heterocycles. The third-order valence-corrected chi connectivity index (χ3v) is 4.48. The Labute approximate surface area is 120 Å². The van der Waals surface area contributed by atoms with Gasteiger partial charge in [0.05, 0.1) is 6.61 Å². The maximum absolute atomic E-state index is 9.33. The van der Waals surface area contributed by atoms with Crippen LogP contribution in [0.3, 0.4) is 0 Å². The third kappa shape index (κ3) is 3.37. The van der Waals surface area contributed by atoms with Crippen molar-refractivity contribution in [2.75, 3.05) is 0 Å². The fourth-order valence-electron chi connectivity index (χ4n) is 1.72. The second-order valence-electron chi connectivity index (χ2n) is 4.13. The van der Waals surface area contributed by atoms with E-state index in [2.05, 4.69) is 53.2 Å². The summed E-state index contributed by atoms with van der Waals surface area (Å²) in [6, 6.07) is 14.4. The molecule has 0 fully saturated rings. The molecule has 18 heavy (non-hydrogen) atoms. The van der Waals surface area contributed by atoms with Gasteiger partial charge in [0.2, 0.25) is 0 Å². The molecule has 0 aliphatic carbocycles. The van der Waals surface area contributed by atoms with Gasteiger partial charge in [-0.05, 0) is 35.7 Å². The highest BCUT2D eigenvalue weighted by atomic mass is 79.9. The van der Waals surface area contributed by atoms with Gasteiger partial charge in [-0.3, -0.25) is 0 Å². The van der Waals surface area contributed by atoms with Gasteiger partial charge in [-0.1, -0.05) is 46.3 Å². The summed E-state index contributed by atoms with van der Waals surface area (Å²) in [6.07, 6.45) is 0. The zero-order valence-electron chi connectivity index (χ0n) is 10.2. The highest BCUT2D eigenvalue weighted by Crippen LogP contribution is 2.30. The van der Waals surface area contributed by atoms with Crippen molar-refractivity contribution in [1.29, 1.82) is 0 Å². The monoisotopic (exact) mass is 322 g/mol. The lowest BCUT2D eigenvalue weighted by atomic mass is 10.1. The van der Waals surface area contributed by atoms with Crippen LogP contribution in [0, 0.1) is 6.92 Å². The van der Waals surface area contributed by atoms with Gasteiger partial charge < -0.3 is 5.11 Å². The van der Waals surface area contributed by atoms with Crippen molar-refractivity contribution in [2.24, 2.45) is 0 Å². The molecule has 1 nitrogen and oxygen atoms in total. The van der Waals surface area contributed by atoms with Gasteiger partial charge in [0.15, 0.2) is 0 Å². The number of benzene rings is 2. The summed E-state index contributed by atoms with van der Waals surface area (Å²) in [5.74, 6) is 0.927. The van der Waals surface area contributed by atoms with Crippen LogP contribution < -0.4 is 0 Å². The quantitative estimate of drug-likeness (QED) is 0.834. The van der Waals surface area contributed by atoms with Crippen LogP contribution in [0.4, 0.5) is 0 Å². The molecule has 0 bridgehead atoms. The lowest BCUT2D eigenvalue weighted by Crippen LogP contribution is -1.90. The van der Waals surface area contributed by atoms with Crippen molar-refractivity contribution in [1.82, 2.24) is 0 Å². The number of thioether (sulfide) groups is 1. The largest absolute Gasteiger partial charge is 0.392 e. The summed E-state index contributed by atoms with van der Waals surface area (Å²) in [5, 5.41) is 9.33. The van der Waals surface area contributed by atoms with Crippen molar-refractivity contribution < 1.29 is 5.11 Å². The zero-order valence-corrected chi connectivity index (χ0v) is 12.6. The summed E-state index contributed by atoms with van der Waals surface area (Å²) < 4.78 is 1.05. The Bertz CT molecular complexity index is 540. The van der Waals surface area contributed by atoms with Gasteiger partial charge in [0.1, 0.15) is 0 Å². The first-order chi connectivity index (χ1) is 8.70. The lowest BCUT2D eigenvalue weighted by Gasteiger charge is -2.09. The molecule has 0 saturated heterocycles. The number of aryl methyl sites for hydroxylation is 1. The van der Waals surface area contributed by atoms with Crippen molar-refractivity contribution >= 4 is 27.7 Å². The number of hydrogen-bond donors (Lipinski definition) is 1. The zero-order chi connectivity index (χ0) is 13.0. The van der Waals surface area contributed by atoms with E-state index in [0.717, 1.165) is 20.7 Å². The topological polar surface area (TPSA) is 20.2 Å². The van der Waals surface area contributed by atoms with E-state index >= 15 is 0 Å². The first-order valence-corrected chi connectivity index (χ1v) is 7.55. The fraction of sp³-hybridized carbons (Fsp3) is 0.200. The van der Waals surface area contributed by atoms with Crippen LogP contribution in [0.5, 0.6) is 0 Å². The average Bonchev–Trinajstić information content (AvgIpc) is 2.38. The van der Waals surface area contributed by atoms with Crippen LogP contribution >= 0.6 is 27.7 Å². The standard InChI is InChI=1S/C15H15BrOS/c1-11-4-2-3-5-13(11)10-18-15-8-14(16)7-6-12(15)9-17/h2-8,17H,9-10H2,1H3. The van der Waals surface area contributed by atoms with E-state index in [-0.39, 0.29) is 6.61 Å². The molecule has 2 rings (SSSR count). The molecule has 0 amide bonds. The highest BCUT2D eigenvalue weighted by molar-refractivity contribution is 9.10. The maximum Gasteiger partial charge on any atom is 0.0692 e. The summed E-state index contributed by atoms with van der Waals surface area (Å²) >= 11 is 5.23. The molecule has 0 aliphatic heterocycles. The minimum Gasteiger partial charge on any atom is -0.392 e. The van der Waals surface area contributed by atoms with Crippen LogP contribution in [-0.2, 0) is 12.4 Å². The number of aliphatic hydroxyl groups is 1. The van der Waals surface area contributed by atoms with E-state index in [9.17, 15) is 5.11 Å². The number of rotatable bonds is 4. The molecule has 0 aliphatic rings. The normalized spacial score (nSPS) is 10.6. The number of hydrogen-bond acceptors (Lipinski definition) is 2. The van der Waals surface area contributed by atoms with Gasteiger partial charge in [-0.2, -0.15) is 0 Å². The molecular weight excluding hydrogens is 308 g/mol. The molecule has 3 heteroatoms. The van der Waals surface area contributed by atoms with Crippen molar-refractivity contribution in [3.8, 4) is 0 Å². The molecule has 0 unspecified atom stereocenters. The molecule has 2 aromatic rings. The van der Waals surface area contributed by atoms with E-state index in [1.165, 1.54) is 11.1 Å². The molecule has 1 N–H and O–H groups in total. The number of aliphatic hydroxyl groups excluding tert-OH is 1. The van der Waals surface area contributed by atoms with Gasteiger partial charge in [-0.25, -0.2) is 0 Å². The van der Waals surface area contributed by atoms with Crippen molar-refractivity contribution in [3.05, 3.63) is 63.6 Å². The van der Waals surface area contributed by atoms with Crippen LogP contribution in [0.15, 0.2) is 51.8 Å². The second-order valence-corrected chi connectivity index (χ2v) is 6.06. The van der Waals surface area contributed by atoms with Crippen LogP contribution in [0.1, 0.15) is 16.7 Å². The smallest absolute Gasteiger partial charge is 0.0692 e. The van der Waals surface area contributed by atoms with E-state index in [1.54, 1.807) is 11.8 Å². The Morgan fingerprint density at radius 1 is 1.11 bits per heavy atom. The van der Waals surface area contributed by atoms with Gasteiger partial charge in [-0.15, -0.1) is 11.8 Å². The Hall–Kier alpha value is -0.770. The van der Waals surface area contributed by atoms with Gasteiger partial charge in [0, 0.05) is 15.1 Å². The maximum atomic E-state index is 9.33. The fourth-order valence-corrected chi connectivity index (χ4v) is 3.40. The van der Waals surface area contributed by atoms with E-state index in [1.807, 2.05) is 12.1 Å². The molecule has 0 spiro atoms. The van der Waals surface area contributed by atoms with E-state index in [0.29, 0.717) is 0 Å². The Balaban J connectivity index is 2.15. The minimum atomic E-state index is 0.0867. The third-order valence-electron chi connectivity index (χ3n) is 2.84. The van der Waals surface area contributed by atoms with E-state index in [4.69, 9.17) is 0 Å². The van der Waals surface area contributed by atoms with Crippen LogP contribution in [0.25, 0.3) is 0 Å². The molecule has 94 valence electrons. The molecule has 0 aromatic heterocycles. The predicted octanol–water partition coefficient (Wildman–Crippen LogP) is 4.54. The van der Waals surface area contributed by atoms with Gasteiger partial charge in [0.25, 0.3) is 0 Å². The summed E-state index contributed by atoms with van der Waals surface area (Å²) in [4.78, 5) is 1.13. The first kappa shape index (κ1) is 13.7. The Morgan fingerprint density at radius 3 is 2.61 bits per heavy atom. The first-order valence-electron chi connectivity index (χ1n) is 5.77. The number of halogens is 1.